The molecule has 2 saturated heterocycles. The van der Waals surface area contributed by atoms with E-state index >= 15 is 0 Å². The van der Waals surface area contributed by atoms with Crippen molar-refractivity contribution in [2.24, 2.45) is 11.8 Å². The fraction of sp³-hybridized carbons (Fsp3) is 0.462. The number of aromatic amines is 1. The number of amides is 2. The van der Waals surface area contributed by atoms with Crippen LogP contribution in [-0.4, -0.2) is 62.7 Å². The van der Waals surface area contributed by atoms with Crippen LogP contribution in [0.5, 0.6) is 0 Å². The first kappa shape index (κ1) is 21.6. The molecule has 1 N–H and O–H groups in total. The summed E-state index contributed by atoms with van der Waals surface area (Å²) in [6, 6.07) is 7.70. The van der Waals surface area contributed by atoms with Crippen LogP contribution < -0.4 is 0 Å². The fourth-order valence-electron chi connectivity index (χ4n) is 5.44. The number of hydrogen-bond donors (Lipinski definition) is 1. The summed E-state index contributed by atoms with van der Waals surface area (Å²) in [6.45, 7) is 5.16. The summed E-state index contributed by atoms with van der Waals surface area (Å²) in [5.41, 5.74) is 4.37. The Balaban J connectivity index is 1.22. The molecule has 0 aromatic carbocycles. The minimum atomic E-state index is 0.0494. The van der Waals surface area contributed by atoms with Crippen LogP contribution in [0.4, 0.5) is 0 Å². The number of hydrogen-bond acceptors (Lipinski definition) is 4. The molecule has 2 amide bonds. The van der Waals surface area contributed by atoms with E-state index in [2.05, 4.69) is 15.0 Å². The van der Waals surface area contributed by atoms with Crippen molar-refractivity contribution in [1.82, 2.24) is 24.8 Å². The molecule has 2 aliphatic heterocycles. The second-order valence-electron chi connectivity index (χ2n) is 9.56. The van der Waals surface area contributed by atoms with E-state index in [0.29, 0.717) is 24.0 Å². The lowest BCUT2D eigenvalue weighted by Gasteiger charge is -2.41. The maximum absolute atomic E-state index is 13.2. The molecular weight excluding hydrogens is 414 g/mol. The van der Waals surface area contributed by atoms with Crippen LogP contribution in [0.3, 0.4) is 0 Å². The first-order valence-electron chi connectivity index (χ1n) is 12.0. The molecule has 2 fully saturated rings. The molecule has 2 atom stereocenters. The Hall–Kier alpha value is -3.22. The van der Waals surface area contributed by atoms with E-state index < -0.39 is 0 Å². The van der Waals surface area contributed by atoms with E-state index in [1.807, 2.05) is 47.2 Å². The van der Waals surface area contributed by atoms with E-state index in [0.717, 1.165) is 74.0 Å². The lowest BCUT2D eigenvalue weighted by atomic mass is 9.80. The summed E-state index contributed by atoms with van der Waals surface area (Å²) >= 11 is 0. The first-order valence-corrected chi connectivity index (χ1v) is 12.0. The summed E-state index contributed by atoms with van der Waals surface area (Å²) in [6.07, 6.45) is 10.0. The van der Waals surface area contributed by atoms with Crippen LogP contribution in [0.15, 0.2) is 42.9 Å². The number of rotatable bonds is 4. The summed E-state index contributed by atoms with van der Waals surface area (Å²) < 4.78 is 0. The molecule has 0 spiro atoms. The number of pyridine rings is 2. The third-order valence-corrected chi connectivity index (χ3v) is 7.13. The predicted octanol–water partition coefficient (Wildman–Crippen LogP) is 3.60. The summed E-state index contributed by atoms with van der Waals surface area (Å²) in [7, 11) is 0. The van der Waals surface area contributed by atoms with Gasteiger partial charge in [-0.2, -0.15) is 0 Å². The van der Waals surface area contributed by atoms with Crippen molar-refractivity contribution in [3.63, 3.8) is 0 Å². The molecule has 33 heavy (non-hydrogen) atoms. The Morgan fingerprint density at radius 3 is 2.58 bits per heavy atom. The minimum absolute atomic E-state index is 0.0494. The molecule has 5 heterocycles. The molecule has 5 rings (SSSR count). The van der Waals surface area contributed by atoms with Crippen molar-refractivity contribution in [1.29, 1.82) is 0 Å². The molecule has 0 saturated carbocycles. The van der Waals surface area contributed by atoms with Gasteiger partial charge in [-0.25, -0.2) is 0 Å². The van der Waals surface area contributed by atoms with Gasteiger partial charge in [-0.3, -0.25) is 19.6 Å². The number of carbonyl (C=O) groups is 2. The maximum atomic E-state index is 13.2. The quantitative estimate of drug-likeness (QED) is 0.665. The number of H-pyrrole nitrogens is 1. The van der Waals surface area contributed by atoms with Gasteiger partial charge in [-0.15, -0.1) is 0 Å². The Morgan fingerprint density at radius 2 is 1.82 bits per heavy atom. The molecule has 3 aromatic rings. The topological polar surface area (TPSA) is 82.2 Å². The zero-order valence-electron chi connectivity index (χ0n) is 19.2. The van der Waals surface area contributed by atoms with Gasteiger partial charge in [0.1, 0.15) is 5.69 Å². The van der Waals surface area contributed by atoms with Gasteiger partial charge in [0.25, 0.3) is 5.91 Å². The fourth-order valence-corrected chi connectivity index (χ4v) is 5.44. The second-order valence-corrected chi connectivity index (χ2v) is 9.56. The molecule has 0 bridgehead atoms. The number of nitrogens with zero attached hydrogens (tertiary/aromatic N) is 4. The normalized spacial score (nSPS) is 21.4. The number of aryl methyl sites for hydroxylation is 1. The van der Waals surface area contributed by atoms with Gasteiger partial charge in [0.05, 0.1) is 17.5 Å². The van der Waals surface area contributed by atoms with Gasteiger partial charge in [0, 0.05) is 44.8 Å². The molecule has 2 unspecified atom stereocenters. The molecule has 172 valence electrons. The van der Waals surface area contributed by atoms with Crippen LogP contribution in [0.2, 0.25) is 0 Å². The van der Waals surface area contributed by atoms with Crippen LogP contribution in [0.25, 0.3) is 11.0 Å². The minimum Gasteiger partial charge on any atom is -0.349 e. The van der Waals surface area contributed by atoms with Crippen LogP contribution in [-0.2, 0) is 11.2 Å². The third-order valence-electron chi connectivity index (χ3n) is 7.13. The highest BCUT2D eigenvalue weighted by Crippen LogP contribution is 2.31. The van der Waals surface area contributed by atoms with Crippen molar-refractivity contribution < 1.29 is 9.59 Å². The number of nitrogens with one attached hydrogen (secondary N) is 1. The number of likely N-dealkylation sites (tertiary alicyclic amines) is 2. The average molecular weight is 446 g/mol. The van der Waals surface area contributed by atoms with Crippen molar-refractivity contribution in [3.8, 4) is 0 Å². The van der Waals surface area contributed by atoms with E-state index in [1.54, 1.807) is 12.4 Å². The van der Waals surface area contributed by atoms with Gasteiger partial charge in [0.15, 0.2) is 0 Å². The van der Waals surface area contributed by atoms with Crippen LogP contribution in [0, 0.1) is 18.8 Å². The lowest BCUT2D eigenvalue weighted by Crippen LogP contribution is -2.47. The van der Waals surface area contributed by atoms with Gasteiger partial charge >= 0.3 is 0 Å². The highest BCUT2D eigenvalue weighted by atomic mass is 16.2. The SMILES string of the molecule is Cc1cncc(CC(=O)N2CCCC(C3CCCN(C(=O)c4cc5ncccc5[nH]4)C3)C2)c1. The molecule has 2 aliphatic rings. The summed E-state index contributed by atoms with van der Waals surface area (Å²) in [5, 5.41) is 0. The summed E-state index contributed by atoms with van der Waals surface area (Å²) in [5.74, 6) is 1.11. The first-order chi connectivity index (χ1) is 16.1. The molecular formula is C26H31N5O2. The van der Waals surface area contributed by atoms with Crippen molar-refractivity contribution in [3.05, 3.63) is 59.7 Å². The maximum Gasteiger partial charge on any atom is 0.270 e. The standard InChI is InChI=1S/C26H31N5O2/c1-18-11-19(15-27-14-18)12-25(32)30-9-3-5-20(16-30)21-6-4-10-31(17-21)26(33)24-13-23-22(29-24)7-2-8-28-23/h2,7-8,11,13-15,20-21,29H,3-6,9-10,12,16-17H2,1H3. The molecule has 0 aliphatic carbocycles. The highest BCUT2D eigenvalue weighted by Gasteiger charge is 2.34. The number of carbonyl (C=O) groups excluding carboxylic acids is 2. The average Bonchev–Trinajstić information content (AvgIpc) is 3.28. The number of fused-ring (bicyclic) bond motifs is 1. The van der Waals surface area contributed by atoms with Crippen molar-refractivity contribution in [2.75, 3.05) is 26.2 Å². The Kier molecular flexibility index (Phi) is 6.11. The van der Waals surface area contributed by atoms with Crippen LogP contribution >= 0.6 is 0 Å². The lowest BCUT2D eigenvalue weighted by molar-refractivity contribution is -0.132. The Bertz CT molecular complexity index is 1120. The highest BCUT2D eigenvalue weighted by molar-refractivity contribution is 5.97. The smallest absolute Gasteiger partial charge is 0.270 e. The van der Waals surface area contributed by atoms with Gasteiger partial charge in [0.2, 0.25) is 5.91 Å². The number of piperidine rings is 2. The monoisotopic (exact) mass is 445 g/mol. The second kappa shape index (κ2) is 9.33. The number of aromatic nitrogens is 3. The van der Waals surface area contributed by atoms with Crippen molar-refractivity contribution >= 4 is 22.8 Å². The zero-order chi connectivity index (χ0) is 22.8. The van der Waals surface area contributed by atoms with Gasteiger partial charge in [-0.05, 0) is 73.8 Å². The molecule has 0 radical (unpaired) electrons. The van der Waals surface area contributed by atoms with E-state index in [-0.39, 0.29) is 11.8 Å². The van der Waals surface area contributed by atoms with Crippen molar-refractivity contribution in [2.45, 2.75) is 39.0 Å². The molecule has 7 heteroatoms. The Morgan fingerprint density at radius 1 is 1.06 bits per heavy atom. The predicted molar refractivity (Wildman–Crippen MR) is 127 cm³/mol. The van der Waals surface area contributed by atoms with E-state index in [9.17, 15) is 9.59 Å². The van der Waals surface area contributed by atoms with E-state index in [4.69, 9.17) is 0 Å². The van der Waals surface area contributed by atoms with Gasteiger partial charge in [-0.1, -0.05) is 6.07 Å². The Labute approximate surface area is 194 Å². The molecule has 3 aromatic heterocycles. The zero-order valence-corrected chi connectivity index (χ0v) is 19.2. The van der Waals surface area contributed by atoms with Crippen LogP contribution in [0.1, 0.15) is 47.3 Å². The third kappa shape index (κ3) is 4.77. The van der Waals surface area contributed by atoms with Gasteiger partial charge < -0.3 is 14.8 Å². The summed E-state index contributed by atoms with van der Waals surface area (Å²) in [4.78, 5) is 42.0. The largest absolute Gasteiger partial charge is 0.349 e. The molecule has 7 nitrogen and oxygen atoms in total. The van der Waals surface area contributed by atoms with E-state index in [1.165, 1.54) is 0 Å².